The number of hydrogen-bond acceptors (Lipinski definition) is 10. The third-order valence-electron chi connectivity index (χ3n) is 2.52. The van der Waals surface area contributed by atoms with E-state index in [1.807, 2.05) is 0 Å². The lowest BCUT2D eigenvalue weighted by atomic mass is 10.4. The molecule has 2 aliphatic heterocycles. The number of carbonyl (C=O) groups excluding carboxylic acids is 6. The van der Waals surface area contributed by atoms with Crippen molar-refractivity contribution in [1.82, 2.24) is 10.1 Å². The summed E-state index contributed by atoms with van der Waals surface area (Å²) >= 11 is 4.60. The molecule has 2 saturated heterocycles. The van der Waals surface area contributed by atoms with Crippen LogP contribution in [0.2, 0.25) is 0 Å². The molecule has 0 spiro atoms. The van der Waals surface area contributed by atoms with Gasteiger partial charge in [-0.05, 0) is 0 Å². The van der Waals surface area contributed by atoms with E-state index in [9.17, 15) is 28.8 Å². The molecule has 4 amide bonds. The Labute approximate surface area is 146 Å². The van der Waals surface area contributed by atoms with Crippen LogP contribution < -0.4 is 0 Å². The summed E-state index contributed by atoms with van der Waals surface area (Å²) in [5.74, 6) is -2.05. The molecule has 12 nitrogen and oxygen atoms in total. The second-order valence-electron chi connectivity index (χ2n) is 4.17. The average Bonchev–Trinajstić information content (AvgIpc) is 3.05. The fraction of sp³-hybridized carbons (Fsp3) is 0.500. The first-order valence-electron chi connectivity index (χ1n) is 6.53. The highest BCUT2D eigenvalue weighted by Gasteiger charge is 2.33. The third-order valence-corrected chi connectivity index (χ3v) is 2.68. The predicted octanol–water partition coefficient (Wildman–Crippen LogP) is 0.350. The number of rotatable bonds is 1. The molecule has 0 bridgehead atoms. The van der Waals surface area contributed by atoms with Gasteiger partial charge in [0, 0.05) is 37.3 Å². The van der Waals surface area contributed by atoms with Gasteiger partial charge in [-0.15, -0.1) is 0 Å². The zero-order valence-corrected chi connectivity index (χ0v) is 14.0. The van der Waals surface area contributed by atoms with Crippen LogP contribution in [-0.4, -0.2) is 64.8 Å². The van der Waals surface area contributed by atoms with Crippen LogP contribution in [0.5, 0.6) is 0 Å². The van der Waals surface area contributed by atoms with Gasteiger partial charge in [-0.2, -0.15) is 5.06 Å². The van der Waals surface area contributed by atoms with E-state index in [-0.39, 0.29) is 30.7 Å². The molecule has 1 N–H and O–H groups in total. The van der Waals surface area contributed by atoms with Crippen molar-refractivity contribution in [2.24, 2.45) is 0 Å². The highest BCUT2D eigenvalue weighted by Crippen LogP contribution is 2.12. The molecule has 0 atom stereocenters. The Morgan fingerprint density at radius 1 is 0.880 bits per heavy atom. The number of hydrogen-bond donors (Lipinski definition) is 1. The van der Waals surface area contributed by atoms with E-state index in [2.05, 4.69) is 25.9 Å². The van der Waals surface area contributed by atoms with Crippen molar-refractivity contribution >= 4 is 46.8 Å². The summed E-state index contributed by atoms with van der Waals surface area (Å²) in [5.41, 5.74) is -0.773. The van der Waals surface area contributed by atoms with Crippen molar-refractivity contribution in [3.05, 3.63) is 0 Å². The van der Waals surface area contributed by atoms with Crippen LogP contribution in [0, 0.1) is 0 Å². The van der Waals surface area contributed by atoms with E-state index in [1.165, 1.54) is 7.11 Å². The fourth-order valence-electron chi connectivity index (χ4n) is 1.33. The molecule has 25 heavy (non-hydrogen) atoms. The molecule has 140 valence electrons. The van der Waals surface area contributed by atoms with Gasteiger partial charge in [0.2, 0.25) is 0 Å². The number of nitrogens with zero attached hydrogens (tertiary/aromatic N) is 2. The summed E-state index contributed by atoms with van der Waals surface area (Å²) in [6, 6.07) is 0. The lowest BCUT2D eigenvalue weighted by molar-refractivity contribution is -0.176. The second kappa shape index (κ2) is 10.9. The molecule has 2 heterocycles. The highest BCUT2D eigenvalue weighted by atomic mass is 35.5. The Hall–Kier alpha value is -2.73. The Morgan fingerprint density at radius 3 is 1.48 bits per heavy atom. The van der Waals surface area contributed by atoms with Gasteiger partial charge >= 0.3 is 11.6 Å². The van der Waals surface area contributed by atoms with Crippen molar-refractivity contribution in [3.63, 3.8) is 0 Å². The fourth-order valence-corrected chi connectivity index (χ4v) is 1.33. The molecule has 0 saturated carbocycles. The van der Waals surface area contributed by atoms with Crippen LogP contribution in [0.3, 0.4) is 0 Å². The monoisotopic (exact) mass is 382 g/mol. The summed E-state index contributed by atoms with van der Waals surface area (Å²) in [6.07, 6.45) is -0.616. The van der Waals surface area contributed by atoms with Gasteiger partial charge in [0.1, 0.15) is 0 Å². The molecule has 0 aromatic rings. The quantitative estimate of drug-likeness (QED) is 0.290. The topological polar surface area (TPSA) is 157 Å². The Balaban J connectivity index is 0.000000382. The molecule has 2 rings (SSSR count). The second-order valence-corrected chi connectivity index (χ2v) is 4.48. The summed E-state index contributed by atoms with van der Waals surface area (Å²) in [7, 11) is 2.31. The Bertz CT molecular complexity index is 532. The highest BCUT2D eigenvalue weighted by molar-refractivity contribution is 6.61. The van der Waals surface area contributed by atoms with Gasteiger partial charge in [0.25, 0.3) is 23.6 Å². The van der Waals surface area contributed by atoms with Gasteiger partial charge in [-0.1, -0.05) is 5.06 Å². The van der Waals surface area contributed by atoms with Gasteiger partial charge in [-0.25, -0.2) is 9.59 Å². The van der Waals surface area contributed by atoms with Crippen LogP contribution >= 0.6 is 11.6 Å². The van der Waals surface area contributed by atoms with E-state index < -0.39 is 35.2 Å². The van der Waals surface area contributed by atoms with E-state index in [0.717, 1.165) is 7.11 Å². The van der Waals surface area contributed by atoms with Gasteiger partial charge in [0.15, 0.2) is 0 Å². The van der Waals surface area contributed by atoms with Crippen LogP contribution in [0.1, 0.15) is 25.7 Å². The molecule has 0 aromatic carbocycles. The summed E-state index contributed by atoms with van der Waals surface area (Å²) < 4.78 is 7.98. The van der Waals surface area contributed by atoms with E-state index >= 15 is 0 Å². The van der Waals surface area contributed by atoms with E-state index in [0.29, 0.717) is 5.06 Å². The van der Waals surface area contributed by atoms with Crippen LogP contribution in [0.25, 0.3) is 0 Å². The number of hydroxylamine groups is 4. The normalized spacial score (nSPS) is 15.8. The average molecular weight is 383 g/mol. The summed E-state index contributed by atoms with van der Waals surface area (Å²) in [5, 5.41) is 8.99. The third kappa shape index (κ3) is 8.08. The summed E-state index contributed by atoms with van der Waals surface area (Å²) in [4.78, 5) is 66.2. The maximum Gasteiger partial charge on any atom is 0.533 e. The number of amides is 4. The van der Waals surface area contributed by atoms with Crippen molar-refractivity contribution in [3.8, 4) is 0 Å². The molecule has 2 fully saturated rings. The molecule has 0 unspecified atom stereocenters. The molecule has 0 aromatic heterocycles. The Morgan fingerprint density at radius 2 is 1.24 bits per heavy atom. The first-order chi connectivity index (χ1) is 11.6. The molecule has 13 heteroatoms. The SMILES string of the molecule is COC(=O)Cl.COC(=O)ON1C(=O)CCC1=O.O=C1CCC(=O)N1O. The zero-order chi connectivity index (χ0) is 19.6. The number of carbonyl (C=O) groups is 6. The zero-order valence-electron chi connectivity index (χ0n) is 13.2. The van der Waals surface area contributed by atoms with Crippen LogP contribution in [0.4, 0.5) is 9.59 Å². The number of halogens is 1. The lowest BCUT2D eigenvalue weighted by Gasteiger charge is -2.10. The minimum atomic E-state index is -1.07. The summed E-state index contributed by atoms with van der Waals surface area (Å²) in [6.45, 7) is 0. The first-order valence-corrected chi connectivity index (χ1v) is 6.91. The van der Waals surface area contributed by atoms with E-state index in [4.69, 9.17) is 5.21 Å². The van der Waals surface area contributed by atoms with Crippen molar-refractivity contribution in [2.45, 2.75) is 25.7 Å². The largest absolute Gasteiger partial charge is 0.533 e. The number of imide groups is 2. The predicted molar refractivity (Wildman–Crippen MR) is 75.7 cm³/mol. The standard InChI is InChI=1S/C6H7NO5.C4H5NO3.C2H3ClO2/c1-11-6(10)12-7-4(8)2-3-5(7)9;6-3-1-2-4(7)5(3)8;1-5-2(3)4/h2-3H2,1H3;8H,1-2H2;1H3. The molecule has 0 radical (unpaired) electrons. The van der Waals surface area contributed by atoms with Crippen LogP contribution in [0.15, 0.2) is 0 Å². The van der Waals surface area contributed by atoms with Crippen molar-refractivity contribution in [1.29, 1.82) is 0 Å². The maximum absolute atomic E-state index is 10.8. The number of ether oxygens (including phenoxy) is 2. The van der Waals surface area contributed by atoms with Gasteiger partial charge in [0.05, 0.1) is 14.2 Å². The maximum atomic E-state index is 10.8. The number of methoxy groups -OCH3 is 2. The molecule has 2 aliphatic rings. The molecular formula is C12H15ClN2O10. The van der Waals surface area contributed by atoms with E-state index in [1.54, 1.807) is 0 Å². The van der Waals surface area contributed by atoms with Gasteiger partial charge < -0.3 is 9.47 Å². The molecule has 0 aliphatic carbocycles. The first kappa shape index (κ1) is 22.3. The van der Waals surface area contributed by atoms with Crippen molar-refractivity contribution in [2.75, 3.05) is 14.2 Å². The Kier molecular flexibility index (Phi) is 9.74. The van der Waals surface area contributed by atoms with Crippen LogP contribution in [-0.2, 0) is 33.5 Å². The lowest BCUT2D eigenvalue weighted by Crippen LogP contribution is -2.31. The minimum absolute atomic E-state index is 0.0792. The van der Waals surface area contributed by atoms with Gasteiger partial charge in [-0.3, -0.25) is 29.2 Å². The molecular weight excluding hydrogens is 368 g/mol. The minimum Gasteiger partial charge on any atom is -0.457 e. The smallest absolute Gasteiger partial charge is 0.457 e. The van der Waals surface area contributed by atoms with Crippen molar-refractivity contribution < 1.29 is 48.3 Å².